The molecule has 0 amide bonds. The second kappa shape index (κ2) is 6.49. The van der Waals surface area contributed by atoms with Gasteiger partial charge in [-0.3, -0.25) is 4.90 Å². The minimum absolute atomic E-state index is 0.763. The third kappa shape index (κ3) is 2.94. The Hall–Kier alpha value is -1.24. The van der Waals surface area contributed by atoms with Gasteiger partial charge in [0.2, 0.25) is 0 Å². The van der Waals surface area contributed by atoms with Crippen molar-refractivity contribution in [2.75, 3.05) is 44.3 Å². The SMILES string of the molecule is C[C@H]1CCN(c2nc(CN3CCOCC3)nc3sc4c(c23)CCC4)C1. The van der Waals surface area contributed by atoms with Crippen LogP contribution in [0.3, 0.4) is 0 Å². The van der Waals surface area contributed by atoms with E-state index in [1.165, 1.54) is 41.7 Å². The Balaban J connectivity index is 1.55. The first kappa shape index (κ1) is 16.0. The molecule has 0 unspecified atom stereocenters. The Morgan fingerprint density at radius 1 is 1.16 bits per heavy atom. The molecule has 2 aromatic heterocycles. The average molecular weight is 359 g/mol. The number of hydrogen-bond donors (Lipinski definition) is 0. The van der Waals surface area contributed by atoms with Gasteiger partial charge in [-0.2, -0.15) is 0 Å². The van der Waals surface area contributed by atoms with E-state index in [4.69, 9.17) is 14.7 Å². The molecule has 2 saturated heterocycles. The van der Waals surface area contributed by atoms with Gasteiger partial charge in [-0.05, 0) is 37.2 Å². The minimum atomic E-state index is 0.763. The molecule has 1 aliphatic carbocycles. The van der Waals surface area contributed by atoms with E-state index in [0.29, 0.717) is 0 Å². The predicted octanol–water partition coefficient (Wildman–Crippen LogP) is 2.86. The van der Waals surface area contributed by atoms with Crippen LogP contribution in [0.25, 0.3) is 10.2 Å². The highest BCUT2D eigenvalue weighted by Crippen LogP contribution is 2.41. The van der Waals surface area contributed by atoms with Crippen molar-refractivity contribution in [3.8, 4) is 0 Å². The molecule has 1 atom stereocenters. The maximum absolute atomic E-state index is 5.48. The topological polar surface area (TPSA) is 41.5 Å². The lowest BCUT2D eigenvalue weighted by atomic mass is 10.1. The molecule has 2 aromatic rings. The van der Waals surface area contributed by atoms with E-state index >= 15 is 0 Å². The summed E-state index contributed by atoms with van der Waals surface area (Å²) >= 11 is 1.92. The van der Waals surface area contributed by atoms with Crippen LogP contribution in [0.5, 0.6) is 0 Å². The monoisotopic (exact) mass is 358 g/mol. The number of hydrogen-bond acceptors (Lipinski definition) is 6. The fourth-order valence-corrected chi connectivity index (χ4v) is 5.68. The number of anilines is 1. The number of fused-ring (bicyclic) bond motifs is 3. The van der Waals surface area contributed by atoms with Gasteiger partial charge in [0.05, 0.1) is 25.1 Å². The smallest absolute Gasteiger partial charge is 0.146 e. The van der Waals surface area contributed by atoms with Gasteiger partial charge >= 0.3 is 0 Å². The largest absolute Gasteiger partial charge is 0.379 e. The lowest BCUT2D eigenvalue weighted by molar-refractivity contribution is 0.0331. The first-order valence-electron chi connectivity index (χ1n) is 9.64. The number of aromatic nitrogens is 2. The van der Waals surface area contributed by atoms with Gasteiger partial charge in [0.25, 0.3) is 0 Å². The molecule has 0 aromatic carbocycles. The molecule has 5 nitrogen and oxygen atoms in total. The zero-order chi connectivity index (χ0) is 16.8. The van der Waals surface area contributed by atoms with Crippen LogP contribution in [-0.2, 0) is 24.1 Å². The summed E-state index contributed by atoms with van der Waals surface area (Å²) in [6.07, 6.45) is 5.00. The number of thiophene rings is 1. The molecule has 0 radical (unpaired) electrons. The Kier molecular flexibility index (Phi) is 4.14. The predicted molar refractivity (Wildman–Crippen MR) is 102 cm³/mol. The number of morpholine rings is 1. The molecular formula is C19H26N4OS. The molecule has 2 aliphatic heterocycles. The molecule has 0 spiro atoms. The van der Waals surface area contributed by atoms with Crippen LogP contribution in [0.1, 0.15) is 36.0 Å². The standard InChI is InChI=1S/C19H26N4OS/c1-13-5-6-23(11-13)18-17-14-3-2-4-15(14)25-19(17)21-16(20-18)12-22-7-9-24-10-8-22/h13H,2-12H2,1H3/t13-/m0/s1. The molecule has 0 N–H and O–H groups in total. The van der Waals surface area contributed by atoms with Crippen LogP contribution in [0.2, 0.25) is 0 Å². The summed E-state index contributed by atoms with van der Waals surface area (Å²) in [4.78, 5) is 17.8. The van der Waals surface area contributed by atoms with E-state index in [0.717, 1.165) is 57.7 Å². The average Bonchev–Trinajstić information content (AvgIpc) is 3.30. The zero-order valence-electron chi connectivity index (χ0n) is 15.0. The normalized spacial score (nSPS) is 24.4. The molecule has 2 fully saturated rings. The Morgan fingerprint density at radius 3 is 2.84 bits per heavy atom. The molecular weight excluding hydrogens is 332 g/mol. The molecule has 134 valence electrons. The highest BCUT2D eigenvalue weighted by molar-refractivity contribution is 7.19. The first-order chi connectivity index (χ1) is 12.3. The summed E-state index contributed by atoms with van der Waals surface area (Å²) in [5.74, 6) is 2.97. The van der Waals surface area contributed by atoms with Crippen molar-refractivity contribution in [2.24, 2.45) is 5.92 Å². The summed E-state index contributed by atoms with van der Waals surface area (Å²) in [6.45, 7) is 9.08. The summed E-state index contributed by atoms with van der Waals surface area (Å²) in [7, 11) is 0. The van der Waals surface area contributed by atoms with Crippen LogP contribution < -0.4 is 4.90 Å². The van der Waals surface area contributed by atoms with Crippen molar-refractivity contribution < 1.29 is 4.74 Å². The fourth-order valence-electron chi connectivity index (χ4n) is 4.41. The highest BCUT2D eigenvalue weighted by atomic mass is 32.1. The van der Waals surface area contributed by atoms with Crippen molar-refractivity contribution >= 4 is 27.4 Å². The van der Waals surface area contributed by atoms with E-state index in [9.17, 15) is 0 Å². The molecule has 25 heavy (non-hydrogen) atoms. The second-order valence-corrected chi connectivity index (χ2v) is 8.81. The van der Waals surface area contributed by atoms with E-state index in [1.807, 2.05) is 11.3 Å². The third-order valence-corrected chi connectivity index (χ3v) is 6.97. The van der Waals surface area contributed by atoms with Gasteiger partial charge in [-0.1, -0.05) is 6.92 Å². The molecule has 6 heteroatoms. The second-order valence-electron chi connectivity index (χ2n) is 7.73. The van der Waals surface area contributed by atoms with Crippen LogP contribution in [0.4, 0.5) is 5.82 Å². The maximum Gasteiger partial charge on any atom is 0.146 e. The van der Waals surface area contributed by atoms with Gasteiger partial charge < -0.3 is 9.64 Å². The van der Waals surface area contributed by atoms with Crippen molar-refractivity contribution in [3.05, 3.63) is 16.3 Å². The van der Waals surface area contributed by atoms with E-state index in [-0.39, 0.29) is 0 Å². The Morgan fingerprint density at radius 2 is 2.04 bits per heavy atom. The highest BCUT2D eigenvalue weighted by Gasteiger charge is 2.28. The summed E-state index contributed by atoms with van der Waals surface area (Å²) in [5, 5.41) is 1.37. The van der Waals surface area contributed by atoms with E-state index < -0.39 is 0 Å². The quantitative estimate of drug-likeness (QED) is 0.844. The van der Waals surface area contributed by atoms with Gasteiger partial charge in [0, 0.05) is 31.1 Å². The van der Waals surface area contributed by atoms with Crippen LogP contribution in [0.15, 0.2) is 0 Å². The molecule has 5 rings (SSSR count). The van der Waals surface area contributed by atoms with Crippen molar-refractivity contribution in [1.29, 1.82) is 0 Å². The molecule has 4 heterocycles. The maximum atomic E-state index is 5.48. The van der Waals surface area contributed by atoms with E-state index in [2.05, 4.69) is 16.7 Å². The first-order valence-corrected chi connectivity index (χ1v) is 10.5. The van der Waals surface area contributed by atoms with E-state index in [1.54, 1.807) is 10.4 Å². The van der Waals surface area contributed by atoms with Crippen molar-refractivity contribution in [2.45, 2.75) is 39.2 Å². The number of ether oxygens (including phenoxy) is 1. The van der Waals surface area contributed by atoms with Crippen LogP contribution in [-0.4, -0.2) is 54.3 Å². The lowest BCUT2D eigenvalue weighted by Gasteiger charge is -2.26. The van der Waals surface area contributed by atoms with Crippen LogP contribution in [0, 0.1) is 5.92 Å². The minimum Gasteiger partial charge on any atom is -0.379 e. The van der Waals surface area contributed by atoms with Crippen LogP contribution >= 0.6 is 11.3 Å². The van der Waals surface area contributed by atoms with Gasteiger partial charge in [0.1, 0.15) is 16.5 Å². The summed E-state index contributed by atoms with van der Waals surface area (Å²) in [5.41, 5.74) is 1.55. The molecule has 0 saturated carbocycles. The number of rotatable bonds is 3. The summed E-state index contributed by atoms with van der Waals surface area (Å²) < 4.78 is 5.48. The molecule has 3 aliphatic rings. The third-order valence-electron chi connectivity index (χ3n) is 5.78. The molecule has 0 bridgehead atoms. The fraction of sp³-hybridized carbons (Fsp3) is 0.684. The number of nitrogens with zero attached hydrogens (tertiary/aromatic N) is 4. The van der Waals surface area contributed by atoms with Gasteiger partial charge in [0.15, 0.2) is 0 Å². The number of aryl methyl sites for hydroxylation is 2. The van der Waals surface area contributed by atoms with Crippen molar-refractivity contribution in [3.63, 3.8) is 0 Å². The lowest BCUT2D eigenvalue weighted by Crippen LogP contribution is -2.36. The van der Waals surface area contributed by atoms with Crippen molar-refractivity contribution in [1.82, 2.24) is 14.9 Å². The Bertz CT molecular complexity index is 783. The van der Waals surface area contributed by atoms with Gasteiger partial charge in [-0.15, -0.1) is 11.3 Å². The van der Waals surface area contributed by atoms with Gasteiger partial charge in [-0.25, -0.2) is 9.97 Å². The Labute approximate surface area is 153 Å². The summed E-state index contributed by atoms with van der Waals surface area (Å²) in [6, 6.07) is 0. The zero-order valence-corrected chi connectivity index (χ0v) is 15.8.